The van der Waals surface area contributed by atoms with Crippen molar-refractivity contribution >= 4 is 11.9 Å². The zero-order valence-corrected chi connectivity index (χ0v) is 55.0. The summed E-state index contributed by atoms with van der Waals surface area (Å²) in [6.45, 7) is 5.78. The van der Waals surface area contributed by atoms with Crippen molar-refractivity contribution in [1.29, 1.82) is 0 Å². The molecule has 0 spiro atoms. The Morgan fingerprint density at radius 3 is 1.25 bits per heavy atom. The van der Waals surface area contributed by atoms with Crippen LogP contribution >= 0.6 is 0 Å². The second-order valence-corrected chi connectivity index (χ2v) is 24.6. The SMILES string of the molecule is CCCCC/C=C\C/C=C\C/C=C\C/C=C\CCCCCCCCCCC(O)C(=O)NC(COC1OC(CO)C(O)C(O)C1OC(=O)CCCCCCCCCCCCC/C=C/CCCCCCCC)C(O)/C=C/CCCCCCCCCCC. The number of unbranched alkanes of at least 4 members (excludes halogenated alkanes) is 37. The molecule has 0 aliphatic carbocycles. The second-order valence-electron chi connectivity index (χ2n) is 24.6. The molecule has 1 aliphatic rings. The molecule has 0 aromatic heterocycles. The van der Waals surface area contributed by atoms with E-state index in [0.717, 1.165) is 83.5 Å². The van der Waals surface area contributed by atoms with E-state index >= 15 is 0 Å². The molecule has 8 atom stereocenters. The van der Waals surface area contributed by atoms with Crippen molar-refractivity contribution in [2.45, 2.75) is 372 Å². The maximum atomic E-state index is 13.5. The molecule has 0 radical (unpaired) electrons. The predicted octanol–water partition coefficient (Wildman–Crippen LogP) is 18.3. The fourth-order valence-electron chi connectivity index (χ4n) is 10.9. The molecule has 0 aromatic carbocycles. The van der Waals surface area contributed by atoms with Crippen LogP contribution in [0, 0.1) is 0 Å². The zero-order valence-electron chi connectivity index (χ0n) is 55.0. The van der Waals surface area contributed by atoms with Crippen LogP contribution in [0.5, 0.6) is 0 Å². The van der Waals surface area contributed by atoms with Gasteiger partial charge in [0.2, 0.25) is 5.91 Å². The minimum Gasteiger partial charge on any atom is -0.454 e. The molecule has 1 heterocycles. The lowest BCUT2D eigenvalue weighted by molar-refractivity contribution is -0.305. The molecule has 1 fully saturated rings. The molecule has 1 rings (SSSR count). The number of ether oxygens (including phenoxy) is 3. The van der Waals surface area contributed by atoms with Crippen LogP contribution in [0.25, 0.3) is 0 Å². The monoisotopic (exact) mass is 1200 g/mol. The molecular formula is C74H133NO10. The van der Waals surface area contributed by atoms with E-state index in [1.165, 1.54) is 193 Å². The van der Waals surface area contributed by atoms with Crippen molar-refractivity contribution in [1.82, 2.24) is 5.32 Å². The minimum atomic E-state index is -1.62. The van der Waals surface area contributed by atoms with Crippen LogP contribution < -0.4 is 5.32 Å². The van der Waals surface area contributed by atoms with Crippen molar-refractivity contribution in [3.63, 3.8) is 0 Å². The highest BCUT2D eigenvalue weighted by atomic mass is 16.7. The third-order valence-electron chi connectivity index (χ3n) is 16.6. The summed E-state index contributed by atoms with van der Waals surface area (Å²) < 4.78 is 17.7. The van der Waals surface area contributed by atoms with E-state index in [1.807, 2.05) is 6.08 Å². The van der Waals surface area contributed by atoms with Crippen LogP contribution in [0.4, 0.5) is 0 Å². The lowest BCUT2D eigenvalue weighted by atomic mass is 9.99. The first kappa shape index (κ1) is 80.1. The lowest BCUT2D eigenvalue weighted by Gasteiger charge is -2.41. The summed E-state index contributed by atoms with van der Waals surface area (Å²) in [7, 11) is 0. The van der Waals surface area contributed by atoms with Gasteiger partial charge in [0.25, 0.3) is 0 Å². The third kappa shape index (κ3) is 48.7. The molecule has 11 nitrogen and oxygen atoms in total. The van der Waals surface area contributed by atoms with E-state index in [9.17, 15) is 35.1 Å². The first-order valence-corrected chi connectivity index (χ1v) is 35.7. The molecule has 0 saturated carbocycles. The number of aliphatic hydroxyl groups is 5. The lowest BCUT2D eigenvalue weighted by Crippen LogP contribution is -2.61. The Morgan fingerprint density at radius 2 is 0.812 bits per heavy atom. The average Bonchev–Trinajstić information content (AvgIpc) is 3.69. The number of carbonyl (C=O) groups excluding carboxylic acids is 2. The Kier molecular flexibility index (Phi) is 57.8. The molecule has 11 heteroatoms. The van der Waals surface area contributed by atoms with Gasteiger partial charge in [0.1, 0.15) is 24.4 Å². The first-order chi connectivity index (χ1) is 41.7. The molecular weight excluding hydrogens is 1060 g/mol. The summed E-state index contributed by atoms with van der Waals surface area (Å²) in [5, 5.41) is 57.2. The first-order valence-electron chi connectivity index (χ1n) is 35.7. The fourth-order valence-corrected chi connectivity index (χ4v) is 10.9. The minimum absolute atomic E-state index is 0.122. The normalized spacial score (nSPS) is 18.8. The molecule has 8 unspecified atom stereocenters. The van der Waals surface area contributed by atoms with Gasteiger partial charge in [-0.2, -0.15) is 0 Å². The van der Waals surface area contributed by atoms with Crippen LogP contribution in [0.2, 0.25) is 0 Å². The molecule has 6 N–H and O–H groups in total. The summed E-state index contributed by atoms with van der Waals surface area (Å²) in [5.74, 6) is -1.20. The highest BCUT2D eigenvalue weighted by Crippen LogP contribution is 2.26. The number of amides is 1. The number of hydrogen-bond acceptors (Lipinski definition) is 10. The van der Waals surface area contributed by atoms with E-state index in [4.69, 9.17) is 14.2 Å². The predicted molar refractivity (Wildman–Crippen MR) is 356 cm³/mol. The molecule has 1 amide bonds. The largest absolute Gasteiger partial charge is 0.454 e. The Morgan fingerprint density at radius 1 is 0.459 bits per heavy atom. The molecule has 0 bridgehead atoms. The van der Waals surface area contributed by atoms with Crippen molar-refractivity contribution in [3.05, 3.63) is 72.9 Å². The van der Waals surface area contributed by atoms with Crippen molar-refractivity contribution in [3.8, 4) is 0 Å². The van der Waals surface area contributed by atoms with Crippen LogP contribution in [0.1, 0.15) is 323 Å². The Labute approximate surface area is 521 Å². The highest BCUT2D eigenvalue weighted by molar-refractivity contribution is 5.80. The van der Waals surface area contributed by atoms with Crippen molar-refractivity contribution < 1.29 is 49.3 Å². The summed E-state index contributed by atoms with van der Waals surface area (Å²) >= 11 is 0. The van der Waals surface area contributed by atoms with Gasteiger partial charge in [-0.3, -0.25) is 9.59 Å². The number of hydrogen-bond donors (Lipinski definition) is 6. The number of rotatable bonds is 61. The smallest absolute Gasteiger partial charge is 0.306 e. The molecule has 0 aromatic rings. The van der Waals surface area contributed by atoms with Crippen LogP contribution in [0.15, 0.2) is 72.9 Å². The summed E-state index contributed by atoms with van der Waals surface area (Å²) in [4.78, 5) is 26.7. The number of esters is 1. The number of aliphatic hydroxyl groups excluding tert-OH is 5. The quantitative estimate of drug-likeness (QED) is 0.0195. The topological polar surface area (TPSA) is 175 Å². The summed E-state index contributed by atoms with van der Waals surface area (Å²) in [6.07, 6.45) is 69.4. The number of allylic oxidation sites excluding steroid dienone is 11. The van der Waals surface area contributed by atoms with Crippen molar-refractivity contribution in [2.75, 3.05) is 13.2 Å². The fraction of sp³-hybridized carbons (Fsp3) is 0.811. The van der Waals surface area contributed by atoms with E-state index in [-0.39, 0.29) is 19.4 Å². The van der Waals surface area contributed by atoms with Crippen molar-refractivity contribution in [2.24, 2.45) is 0 Å². The Balaban J connectivity index is 2.57. The molecule has 494 valence electrons. The highest BCUT2D eigenvalue weighted by Gasteiger charge is 2.47. The van der Waals surface area contributed by atoms with Crippen LogP contribution in [-0.4, -0.2) is 99.6 Å². The van der Waals surface area contributed by atoms with Gasteiger partial charge in [0.15, 0.2) is 12.4 Å². The van der Waals surface area contributed by atoms with Gasteiger partial charge >= 0.3 is 5.97 Å². The van der Waals surface area contributed by atoms with Gasteiger partial charge in [-0.25, -0.2) is 0 Å². The van der Waals surface area contributed by atoms with E-state index in [2.05, 4.69) is 86.8 Å². The van der Waals surface area contributed by atoms with Gasteiger partial charge in [-0.05, 0) is 96.3 Å². The van der Waals surface area contributed by atoms with Gasteiger partial charge in [0, 0.05) is 6.42 Å². The van der Waals surface area contributed by atoms with E-state index in [0.29, 0.717) is 12.8 Å². The summed E-state index contributed by atoms with van der Waals surface area (Å²) in [5.41, 5.74) is 0. The standard InChI is InChI=1S/C74H133NO10/c1-4-7-10-13-16-19-22-24-26-28-30-32-33-34-36-37-39-41-43-46-49-52-55-58-61-67(78)73(82)75-65(66(77)60-57-54-51-48-45-21-18-15-12-9-6-3)64-83-74-72(71(81)70(80)68(63-76)84-74)85-69(79)62-59-56-53-50-47-44-42-40-38-35-31-29-27-25-23-20-17-14-11-8-5-2/h16,19,24-27,30,32,34,36,57,60,65-68,70-72,74,76-78,80-81H,4-15,17-18,20-23,28-29,31,33,35,37-56,58-59,61-64H2,1-3H3,(H,75,82)/b19-16-,26-24-,27-25+,32-30-,36-34-,60-57+. The van der Waals surface area contributed by atoms with Gasteiger partial charge in [-0.1, -0.05) is 293 Å². The molecule has 85 heavy (non-hydrogen) atoms. The Bertz CT molecular complexity index is 1660. The van der Waals surface area contributed by atoms with E-state index in [1.54, 1.807) is 6.08 Å². The van der Waals surface area contributed by atoms with Gasteiger partial charge < -0.3 is 45.1 Å². The Hall–Kier alpha value is -2.90. The van der Waals surface area contributed by atoms with Crippen LogP contribution in [-0.2, 0) is 23.8 Å². The van der Waals surface area contributed by atoms with E-state index < -0.39 is 67.4 Å². The zero-order chi connectivity index (χ0) is 61.7. The van der Waals surface area contributed by atoms with Crippen LogP contribution in [0.3, 0.4) is 0 Å². The number of carbonyl (C=O) groups is 2. The average molecular weight is 1200 g/mol. The summed E-state index contributed by atoms with van der Waals surface area (Å²) in [6, 6.07) is -1.03. The third-order valence-corrected chi connectivity index (χ3v) is 16.6. The van der Waals surface area contributed by atoms with Gasteiger partial charge in [-0.15, -0.1) is 0 Å². The maximum Gasteiger partial charge on any atom is 0.306 e. The number of nitrogens with one attached hydrogen (secondary N) is 1. The molecule has 1 aliphatic heterocycles. The van der Waals surface area contributed by atoms with Gasteiger partial charge in [0.05, 0.1) is 25.4 Å². The molecule has 1 saturated heterocycles. The second kappa shape index (κ2) is 61.3. The maximum absolute atomic E-state index is 13.5.